The van der Waals surface area contributed by atoms with Crippen molar-refractivity contribution >= 4 is 17.1 Å². The fourth-order valence-corrected chi connectivity index (χ4v) is 1.81. The Labute approximate surface area is 82.8 Å². The molecule has 2 nitrogen and oxygen atoms in total. The molecule has 1 aromatic rings. The molecule has 0 saturated carbocycles. The normalized spacial score (nSPS) is 12.8. The molecular weight excluding hydrogens is 182 g/mol. The zero-order valence-corrected chi connectivity index (χ0v) is 8.86. The van der Waals surface area contributed by atoms with Crippen LogP contribution in [0.1, 0.15) is 28.6 Å². The van der Waals surface area contributed by atoms with Crippen LogP contribution >= 0.6 is 11.3 Å². The Bertz CT molecular complexity index is 293. The third-order valence-electron chi connectivity index (χ3n) is 1.99. The van der Waals surface area contributed by atoms with E-state index in [1.54, 1.807) is 11.3 Å². The predicted octanol–water partition coefficient (Wildman–Crippen LogP) is 2.22. The molecule has 0 radical (unpaired) electrons. The molecule has 0 spiro atoms. The van der Waals surface area contributed by atoms with E-state index in [1.807, 2.05) is 25.3 Å². The van der Waals surface area contributed by atoms with Gasteiger partial charge in [-0.05, 0) is 25.5 Å². The van der Waals surface area contributed by atoms with Crippen LogP contribution in [0.3, 0.4) is 0 Å². The van der Waals surface area contributed by atoms with E-state index in [1.165, 1.54) is 4.88 Å². The van der Waals surface area contributed by atoms with Gasteiger partial charge in [0.05, 0.1) is 0 Å². The molecule has 1 atom stereocenters. The molecule has 3 heteroatoms. The lowest BCUT2D eigenvalue weighted by atomic mass is 10.0. The lowest BCUT2D eigenvalue weighted by Gasteiger charge is -2.04. The van der Waals surface area contributed by atoms with Gasteiger partial charge in [-0.15, -0.1) is 11.3 Å². The Morgan fingerprint density at radius 1 is 1.69 bits per heavy atom. The zero-order chi connectivity index (χ0) is 9.84. The van der Waals surface area contributed by atoms with E-state index in [0.717, 1.165) is 5.56 Å². The first kappa shape index (κ1) is 10.4. The standard InChI is InChI=1S/C10H15NOS/c1-7(5-11)3-10(12)9-4-8(2)13-6-9/h4,6-7H,3,5,11H2,1-2H3. The SMILES string of the molecule is Cc1cc(C(=O)CC(C)CN)cs1. The Morgan fingerprint density at radius 3 is 2.85 bits per heavy atom. The minimum Gasteiger partial charge on any atom is -0.330 e. The van der Waals surface area contributed by atoms with Crippen LogP contribution in [0.15, 0.2) is 11.4 Å². The van der Waals surface area contributed by atoms with E-state index in [2.05, 4.69) is 0 Å². The van der Waals surface area contributed by atoms with E-state index in [4.69, 9.17) is 5.73 Å². The second kappa shape index (κ2) is 4.53. The van der Waals surface area contributed by atoms with Crippen molar-refractivity contribution in [2.75, 3.05) is 6.54 Å². The fraction of sp³-hybridized carbons (Fsp3) is 0.500. The van der Waals surface area contributed by atoms with Crippen molar-refractivity contribution in [3.8, 4) is 0 Å². The maximum atomic E-state index is 11.6. The number of aryl methyl sites for hydroxylation is 1. The van der Waals surface area contributed by atoms with Crippen molar-refractivity contribution in [2.45, 2.75) is 20.3 Å². The topological polar surface area (TPSA) is 43.1 Å². The second-order valence-electron chi connectivity index (χ2n) is 3.41. The first-order valence-corrected chi connectivity index (χ1v) is 5.30. The molecule has 72 valence electrons. The first-order valence-electron chi connectivity index (χ1n) is 4.42. The third-order valence-corrected chi connectivity index (χ3v) is 2.85. The van der Waals surface area contributed by atoms with Gasteiger partial charge in [0, 0.05) is 22.2 Å². The number of carbonyl (C=O) groups excluding carboxylic acids is 1. The highest BCUT2D eigenvalue weighted by molar-refractivity contribution is 7.10. The Kier molecular flexibility index (Phi) is 3.63. The summed E-state index contributed by atoms with van der Waals surface area (Å²) in [6, 6.07) is 1.94. The van der Waals surface area contributed by atoms with Crippen molar-refractivity contribution in [3.05, 3.63) is 21.9 Å². The average molecular weight is 197 g/mol. The molecule has 0 amide bonds. The summed E-state index contributed by atoms with van der Waals surface area (Å²) < 4.78 is 0. The lowest BCUT2D eigenvalue weighted by molar-refractivity contribution is 0.0966. The molecule has 0 aliphatic carbocycles. The quantitative estimate of drug-likeness (QED) is 0.752. The van der Waals surface area contributed by atoms with Crippen LogP contribution in [0, 0.1) is 12.8 Å². The summed E-state index contributed by atoms with van der Waals surface area (Å²) >= 11 is 1.62. The molecule has 1 heterocycles. The van der Waals surface area contributed by atoms with E-state index in [0.29, 0.717) is 13.0 Å². The number of thiophene rings is 1. The monoisotopic (exact) mass is 197 g/mol. The van der Waals surface area contributed by atoms with Gasteiger partial charge in [0.1, 0.15) is 0 Å². The van der Waals surface area contributed by atoms with Crippen LogP contribution in [-0.4, -0.2) is 12.3 Å². The highest BCUT2D eigenvalue weighted by atomic mass is 32.1. The molecule has 0 saturated heterocycles. The third kappa shape index (κ3) is 2.94. The largest absolute Gasteiger partial charge is 0.330 e. The summed E-state index contributed by atoms with van der Waals surface area (Å²) in [5.41, 5.74) is 6.29. The lowest BCUT2D eigenvalue weighted by Crippen LogP contribution is -2.14. The van der Waals surface area contributed by atoms with Crippen LogP contribution in [0.4, 0.5) is 0 Å². The van der Waals surface area contributed by atoms with Gasteiger partial charge in [-0.25, -0.2) is 0 Å². The molecule has 1 rings (SSSR count). The van der Waals surface area contributed by atoms with Gasteiger partial charge in [-0.1, -0.05) is 6.92 Å². The summed E-state index contributed by atoms with van der Waals surface area (Å²) in [5, 5.41) is 1.92. The molecule has 13 heavy (non-hydrogen) atoms. The molecule has 0 bridgehead atoms. The molecule has 0 aliphatic rings. The maximum absolute atomic E-state index is 11.6. The van der Waals surface area contributed by atoms with Crippen molar-refractivity contribution in [1.82, 2.24) is 0 Å². The summed E-state index contributed by atoms with van der Waals surface area (Å²) in [5.74, 6) is 0.495. The Morgan fingerprint density at radius 2 is 2.38 bits per heavy atom. The Balaban J connectivity index is 2.58. The van der Waals surface area contributed by atoms with Gasteiger partial charge in [-0.3, -0.25) is 4.79 Å². The summed E-state index contributed by atoms with van der Waals surface area (Å²) in [4.78, 5) is 12.8. The van der Waals surface area contributed by atoms with E-state index in [9.17, 15) is 4.79 Å². The molecular formula is C10H15NOS. The maximum Gasteiger partial charge on any atom is 0.164 e. The van der Waals surface area contributed by atoms with Gasteiger partial charge in [0.25, 0.3) is 0 Å². The molecule has 2 N–H and O–H groups in total. The summed E-state index contributed by atoms with van der Waals surface area (Å²) in [6.07, 6.45) is 0.562. The number of rotatable bonds is 4. The van der Waals surface area contributed by atoms with Gasteiger partial charge in [0.2, 0.25) is 0 Å². The number of carbonyl (C=O) groups is 1. The zero-order valence-electron chi connectivity index (χ0n) is 8.04. The molecule has 1 unspecified atom stereocenters. The van der Waals surface area contributed by atoms with Crippen molar-refractivity contribution in [1.29, 1.82) is 0 Å². The smallest absolute Gasteiger partial charge is 0.164 e. The number of hydrogen-bond acceptors (Lipinski definition) is 3. The predicted molar refractivity (Wildman–Crippen MR) is 56.2 cm³/mol. The van der Waals surface area contributed by atoms with Crippen molar-refractivity contribution in [3.63, 3.8) is 0 Å². The number of Topliss-reactive ketones (excluding diaryl/α,β-unsaturated/α-hetero) is 1. The van der Waals surface area contributed by atoms with Crippen LogP contribution in [0.2, 0.25) is 0 Å². The van der Waals surface area contributed by atoms with Crippen molar-refractivity contribution < 1.29 is 4.79 Å². The van der Waals surface area contributed by atoms with E-state index in [-0.39, 0.29) is 11.7 Å². The highest BCUT2D eigenvalue weighted by Crippen LogP contribution is 2.16. The molecule has 0 fully saturated rings. The fourth-order valence-electron chi connectivity index (χ4n) is 1.11. The van der Waals surface area contributed by atoms with Gasteiger partial charge in [0.15, 0.2) is 5.78 Å². The average Bonchev–Trinajstić information content (AvgIpc) is 2.51. The van der Waals surface area contributed by atoms with Crippen LogP contribution in [0.5, 0.6) is 0 Å². The van der Waals surface area contributed by atoms with Crippen LogP contribution < -0.4 is 5.73 Å². The number of ketones is 1. The van der Waals surface area contributed by atoms with Crippen LogP contribution in [0.25, 0.3) is 0 Å². The van der Waals surface area contributed by atoms with Gasteiger partial charge in [-0.2, -0.15) is 0 Å². The minimum atomic E-state index is 0.210. The molecule has 0 aromatic carbocycles. The van der Waals surface area contributed by atoms with Crippen LogP contribution in [-0.2, 0) is 0 Å². The molecule has 0 aliphatic heterocycles. The van der Waals surface area contributed by atoms with Gasteiger partial charge >= 0.3 is 0 Å². The summed E-state index contributed by atoms with van der Waals surface area (Å²) in [7, 11) is 0. The molecule has 1 aromatic heterocycles. The number of hydrogen-bond donors (Lipinski definition) is 1. The van der Waals surface area contributed by atoms with Crippen molar-refractivity contribution in [2.24, 2.45) is 11.7 Å². The minimum absolute atomic E-state index is 0.210. The highest BCUT2D eigenvalue weighted by Gasteiger charge is 2.10. The van der Waals surface area contributed by atoms with E-state index < -0.39 is 0 Å². The van der Waals surface area contributed by atoms with E-state index >= 15 is 0 Å². The second-order valence-corrected chi connectivity index (χ2v) is 4.53. The Hall–Kier alpha value is -0.670. The number of nitrogens with two attached hydrogens (primary N) is 1. The summed E-state index contributed by atoms with van der Waals surface area (Å²) in [6.45, 7) is 4.58. The first-order chi connectivity index (χ1) is 6.13. The van der Waals surface area contributed by atoms with Gasteiger partial charge < -0.3 is 5.73 Å².